The zero-order valence-electron chi connectivity index (χ0n) is 11.9. The number of imide groups is 1. The van der Waals surface area contributed by atoms with Crippen molar-refractivity contribution in [2.75, 3.05) is 4.90 Å². The number of anilines is 1. The van der Waals surface area contributed by atoms with Crippen molar-refractivity contribution in [2.45, 2.75) is 19.0 Å². The van der Waals surface area contributed by atoms with Crippen molar-refractivity contribution in [1.82, 2.24) is 0 Å². The average Bonchev–Trinajstić information content (AvgIpc) is 2.82. The summed E-state index contributed by atoms with van der Waals surface area (Å²) in [5, 5.41) is 2.50. The molecule has 2 aromatic rings. The zero-order valence-corrected chi connectivity index (χ0v) is 12.7. The lowest BCUT2D eigenvalue weighted by molar-refractivity contribution is -0.690. The standard InChI is InChI=1S/C17H15ClN2O2/c18-13-6-8-14(9-7-13)20-16(21)10-15(17(20)22)19-11-12-4-2-1-3-5-12/h1-9,15,19H,10-11H2/p+1/t15-/m1/s1. The maximum Gasteiger partial charge on any atom is 0.292 e. The summed E-state index contributed by atoms with van der Waals surface area (Å²) in [6.45, 7) is 0.680. The van der Waals surface area contributed by atoms with Gasteiger partial charge in [0.1, 0.15) is 6.54 Å². The van der Waals surface area contributed by atoms with E-state index in [2.05, 4.69) is 0 Å². The number of hydrogen-bond acceptors (Lipinski definition) is 2. The van der Waals surface area contributed by atoms with E-state index in [1.54, 1.807) is 24.3 Å². The molecule has 2 N–H and O–H groups in total. The Morgan fingerprint density at radius 2 is 1.73 bits per heavy atom. The Bertz CT molecular complexity index is 686. The SMILES string of the molecule is O=C1C[C@@H]([NH2+]Cc2ccccc2)C(=O)N1c1ccc(Cl)cc1. The number of carbonyl (C=O) groups is 2. The smallest absolute Gasteiger partial charge is 0.292 e. The molecule has 5 heteroatoms. The molecule has 0 unspecified atom stereocenters. The van der Waals surface area contributed by atoms with E-state index in [1.165, 1.54) is 4.90 Å². The third-order valence-electron chi connectivity index (χ3n) is 3.75. The van der Waals surface area contributed by atoms with Crippen LogP contribution < -0.4 is 10.2 Å². The first-order valence-electron chi connectivity index (χ1n) is 7.15. The monoisotopic (exact) mass is 315 g/mol. The minimum absolute atomic E-state index is 0.164. The van der Waals surface area contributed by atoms with E-state index in [0.29, 0.717) is 17.3 Å². The molecule has 1 heterocycles. The fourth-order valence-corrected chi connectivity index (χ4v) is 2.72. The molecular weight excluding hydrogens is 300 g/mol. The van der Waals surface area contributed by atoms with Gasteiger partial charge in [-0.15, -0.1) is 0 Å². The van der Waals surface area contributed by atoms with Gasteiger partial charge >= 0.3 is 0 Å². The number of halogens is 1. The van der Waals surface area contributed by atoms with Gasteiger partial charge in [0.2, 0.25) is 5.91 Å². The van der Waals surface area contributed by atoms with Crippen molar-refractivity contribution >= 4 is 29.1 Å². The number of benzene rings is 2. The first kappa shape index (κ1) is 14.8. The van der Waals surface area contributed by atoms with E-state index in [-0.39, 0.29) is 24.3 Å². The number of amides is 2. The molecular formula is C17H16ClN2O2+. The number of hydrogen-bond donors (Lipinski definition) is 1. The summed E-state index contributed by atoms with van der Waals surface area (Å²) in [6.07, 6.45) is 0.230. The lowest BCUT2D eigenvalue weighted by atomic mass is 10.2. The molecule has 3 rings (SSSR count). The molecule has 1 aliphatic rings. The van der Waals surface area contributed by atoms with E-state index >= 15 is 0 Å². The van der Waals surface area contributed by atoms with Gasteiger partial charge in [-0.05, 0) is 24.3 Å². The van der Waals surface area contributed by atoms with Crippen LogP contribution >= 0.6 is 11.6 Å². The van der Waals surface area contributed by atoms with E-state index in [0.717, 1.165) is 5.56 Å². The molecule has 4 nitrogen and oxygen atoms in total. The van der Waals surface area contributed by atoms with Crippen molar-refractivity contribution < 1.29 is 14.9 Å². The van der Waals surface area contributed by atoms with Crippen LogP contribution in [0.4, 0.5) is 5.69 Å². The molecule has 2 amide bonds. The summed E-state index contributed by atoms with van der Waals surface area (Å²) in [6, 6.07) is 16.3. The first-order chi connectivity index (χ1) is 10.6. The molecule has 2 aromatic carbocycles. The van der Waals surface area contributed by atoms with E-state index in [1.807, 2.05) is 35.6 Å². The predicted octanol–water partition coefficient (Wildman–Crippen LogP) is 1.74. The third-order valence-corrected chi connectivity index (χ3v) is 4.00. The second-order valence-electron chi connectivity index (χ2n) is 5.28. The molecule has 1 aliphatic heterocycles. The third kappa shape index (κ3) is 3.03. The summed E-state index contributed by atoms with van der Waals surface area (Å²) in [5.41, 5.74) is 1.71. The van der Waals surface area contributed by atoms with Crippen LogP contribution in [0.25, 0.3) is 0 Å². The molecule has 0 spiro atoms. The van der Waals surface area contributed by atoms with Crippen LogP contribution in [0.3, 0.4) is 0 Å². The topological polar surface area (TPSA) is 54.0 Å². The molecule has 0 saturated carbocycles. The molecule has 112 valence electrons. The van der Waals surface area contributed by atoms with Gasteiger partial charge in [-0.3, -0.25) is 9.59 Å². The van der Waals surface area contributed by atoms with Crippen LogP contribution in [-0.4, -0.2) is 17.9 Å². The molecule has 0 bridgehead atoms. The minimum atomic E-state index is -0.358. The van der Waals surface area contributed by atoms with Gasteiger partial charge in [-0.1, -0.05) is 41.9 Å². The fraction of sp³-hybridized carbons (Fsp3) is 0.176. The van der Waals surface area contributed by atoms with Gasteiger partial charge in [0.15, 0.2) is 6.04 Å². The van der Waals surface area contributed by atoms with E-state index in [4.69, 9.17) is 11.6 Å². The normalized spacial score (nSPS) is 18.0. The number of rotatable bonds is 4. The predicted molar refractivity (Wildman–Crippen MR) is 84.4 cm³/mol. The van der Waals surface area contributed by atoms with Crippen molar-refractivity contribution in [3.05, 3.63) is 65.2 Å². The molecule has 0 aromatic heterocycles. The highest BCUT2D eigenvalue weighted by Gasteiger charge is 2.42. The van der Waals surface area contributed by atoms with Crippen LogP contribution in [0.15, 0.2) is 54.6 Å². The molecule has 1 atom stereocenters. The van der Waals surface area contributed by atoms with Crippen LogP contribution in [-0.2, 0) is 16.1 Å². The highest BCUT2D eigenvalue weighted by molar-refractivity contribution is 6.30. The van der Waals surface area contributed by atoms with Crippen molar-refractivity contribution in [3.8, 4) is 0 Å². The maximum absolute atomic E-state index is 12.5. The second-order valence-corrected chi connectivity index (χ2v) is 5.72. The van der Waals surface area contributed by atoms with E-state index in [9.17, 15) is 9.59 Å². The Labute approximate surface area is 133 Å². The summed E-state index contributed by atoms with van der Waals surface area (Å²) in [7, 11) is 0. The van der Waals surface area contributed by atoms with Gasteiger partial charge in [-0.2, -0.15) is 0 Å². The molecule has 1 fully saturated rings. The summed E-state index contributed by atoms with van der Waals surface area (Å²) < 4.78 is 0. The van der Waals surface area contributed by atoms with Crippen molar-refractivity contribution in [2.24, 2.45) is 0 Å². The van der Waals surface area contributed by atoms with Gasteiger partial charge in [-0.25, -0.2) is 4.90 Å². The largest absolute Gasteiger partial charge is 0.332 e. The fourth-order valence-electron chi connectivity index (χ4n) is 2.59. The number of nitrogens with two attached hydrogens (primary N) is 1. The lowest BCUT2D eigenvalue weighted by Gasteiger charge is -2.14. The summed E-state index contributed by atoms with van der Waals surface area (Å²) in [5.74, 6) is -0.329. The Hall–Kier alpha value is -2.17. The molecule has 22 heavy (non-hydrogen) atoms. The van der Waals surface area contributed by atoms with Crippen LogP contribution in [0.5, 0.6) is 0 Å². The Morgan fingerprint density at radius 1 is 1.05 bits per heavy atom. The quantitative estimate of drug-likeness (QED) is 0.874. The number of carbonyl (C=O) groups excluding carboxylic acids is 2. The van der Waals surface area contributed by atoms with Crippen LogP contribution in [0, 0.1) is 0 Å². The lowest BCUT2D eigenvalue weighted by Crippen LogP contribution is -2.90. The number of nitrogens with zero attached hydrogens (tertiary/aromatic N) is 1. The minimum Gasteiger partial charge on any atom is -0.332 e. The van der Waals surface area contributed by atoms with Crippen LogP contribution in [0.2, 0.25) is 5.02 Å². The highest BCUT2D eigenvalue weighted by Crippen LogP contribution is 2.23. The summed E-state index contributed by atoms with van der Waals surface area (Å²) in [4.78, 5) is 25.9. The van der Waals surface area contributed by atoms with Gasteiger partial charge < -0.3 is 5.32 Å². The van der Waals surface area contributed by atoms with E-state index < -0.39 is 0 Å². The first-order valence-corrected chi connectivity index (χ1v) is 7.52. The van der Waals surface area contributed by atoms with Gasteiger partial charge in [0.05, 0.1) is 12.1 Å². The van der Waals surface area contributed by atoms with Gasteiger partial charge in [0, 0.05) is 10.6 Å². The molecule has 0 radical (unpaired) electrons. The molecule has 0 aliphatic carbocycles. The summed E-state index contributed by atoms with van der Waals surface area (Å²) >= 11 is 5.84. The maximum atomic E-state index is 12.5. The van der Waals surface area contributed by atoms with Crippen molar-refractivity contribution in [3.63, 3.8) is 0 Å². The van der Waals surface area contributed by atoms with Crippen molar-refractivity contribution in [1.29, 1.82) is 0 Å². The average molecular weight is 316 g/mol. The highest BCUT2D eigenvalue weighted by atomic mass is 35.5. The Morgan fingerprint density at radius 3 is 2.41 bits per heavy atom. The second kappa shape index (κ2) is 6.30. The number of quaternary nitrogens is 1. The van der Waals surface area contributed by atoms with Crippen LogP contribution in [0.1, 0.15) is 12.0 Å². The van der Waals surface area contributed by atoms with Gasteiger partial charge in [0.25, 0.3) is 5.91 Å². The zero-order chi connectivity index (χ0) is 15.5. The Kier molecular flexibility index (Phi) is 4.22. The molecule has 1 saturated heterocycles. The Balaban J connectivity index is 1.70.